The lowest BCUT2D eigenvalue weighted by atomic mass is 10.0. The number of hydroxylamine groups is 2. The van der Waals surface area contributed by atoms with Gasteiger partial charge in [0.1, 0.15) is 5.75 Å². The maximum absolute atomic E-state index is 12.6. The molecule has 0 bridgehead atoms. The first-order valence-corrected chi connectivity index (χ1v) is 11.7. The minimum Gasteiger partial charge on any atom is -0.464 e. The second-order valence-electron chi connectivity index (χ2n) is 6.48. The molecule has 166 valence electrons. The summed E-state index contributed by atoms with van der Waals surface area (Å²) in [6.45, 7) is 3.31. The molecule has 0 aliphatic heterocycles. The van der Waals surface area contributed by atoms with Gasteiger partial charge in [0.25, 0.3) is 5.91 Å². The highest BCUT2D eigenvalue weighted by molar-refractivity contribution is 9.10. The van der Waals surface area contributed by atoms with E-state index in [0.717, 1.165) is 0 Å². The number of thioether (sulfide) groups is 1. The number of alkyl halides is 1. The minimum atomic E-state index is -1.25. The highest BCUT2D eigenvalue weighted by Gasteiger charge is 2.39. The molecule has 31 heavy (non-hydrogen) atoms. The van der Waals surface area contributed by atoms with Crippen LogP contribution < -0.4 is 4.74 Å². The van der Waals surface area contributed by atoms with Gasteiger partial charge in [-0.05, 0) is 49.9 Å². The number of hydrogen-bond donors (Lipinski definition) is 1. The van der Waals surface area contributed by atoms with Crippen molar-refractivity contribution >= 4 is 45.5 Å². The van der Waals surface area contributed by atoms with Crippen molar-refractivity contribution < 1.29 is 29.1 Å². The second kappa shape index (κ2) is 11.9. The molecule has 0 aromatic heterocycles. The lowest BCUT2D eigenvalue weighted by Gasteiger charge is -2.31. The molecule has 0 aliphatic carbocycles. The van der Waals surface area contributed by atoms with E-state index in [-0.39, 0.29) is 6.61 Å². The van der Waals surface area contributed by atoms with Crippen LogP contribution in [-0.4, -0.2) is 51.8 Å². The average molecular weight is 510 g/mol. The van der Waals surface area contributed by atoms with Crippen LogP contribution in [0.2, 0.25) is 0 Å². The normalized spacial score (nSPS) is 13.6. The maximum atomic E-state index is 12.6. The molecular weight excluding hydrogens is 486 g/mol. The summed E-state index contributed by atoms with van der Waals surface area (Å²) in [5.74, 6) is -1.54. The van der Waals surface area contributed by atoms with Crippen molar-refractivity contribution in [1.82, 2.24) is 5.06 Å². The van der Waals surface area contributed by atoms with Crippen molar-refractivity contribution in [3.05, 3.63) is 65.7 Å². The number of halogens is 1. The first-order chi connectivity index (χ1) is 14.8. The van der Waals surface area contributed by atoms with E-state index in [1.54, 1.807) is 74.7 Å². The van der Waals surface area contributed by atoms with E-state index in [4.69, 9.17) is 9.47 Å². The largest absolute Gasteiger partial charge is 0.464 e. The van der Waals surface area contributed by atoms with Crippen molar-refractivity contribution in [3.63, 3.8) is 0 Å². The Morgan fingerprint density at radius 2 is 1.71 bits per heavy atom. The van der Waals surface area contributed by atoms with Gasteiger partial charge in [-0.3, -0.25) is 10.0 Å². The van der Waals surface area contributed by atoms with Gasteiger partial charge in [0.15, 0.2) is 6.04 Å². The number of carbonyl (C=O) groups excluding carboxylic acids is 3. The Morgan fingerprint density at radius 3 is 2.23 bits per heavy atom. The number of amides is 1. The van der Waals surface area contributed by atoms with Gasteiger partial charge in [-0.15, -0.1) is 0 Å². The average Bonchev–Trinajstić information content (AvgIpc) is 2.77. The highest BCUT2D eigenvalue weighted by atomic mass is 79.9. The van der Waals surface area contributed by atoms with Gasteiger partial charge in [0.05, 0.1) is 22.2 Å². The van der Waals surface area contributed by atoms with E-state index < -0.39 is 34.0 Å². The summed E-state index contributed by atoms with van der Waals surface area (Å²) in [6.07, 6.45) is 1.76. The van der Waals surface area contributed by atoms with Crippen molar-refractivity contribution in [2.24, 2.45) is 0 Å². The summed E-state index contributed by atoms with van der Waals surface area (Å²) in [4.78, 5) is 36.4. The number of nitrogens with zero attached hydrogens (tertiary/aromatic N) is 1. The molecule has 0 heterocycles. The van der Waals surface area contributed by atoms with Crippen molar-refractivity contribution in [3.8, 4) is 5.75 Å². The minimum absolute atomic E-state index is 0.108. The smallest absolute Gasteiger partial charge is 0.343 e. The van der Waals surface area contributed by atoms with Crippen LogP contribution in [0.3, 0.4) is 0 Å². The maximum Gasteiger partial charge on any atom is 0.343 e. The molecule has 0 fully saturated rings. The Hall–Kier alpha value is -2.36. The molecular formula is C22H24BrNO6S. The molecule has 9 heteroatoms. The zero-order valence-electron chi connectivity index (χ0n) is 17.4. The van der Waals surface area contributed by atoms with Gasteiger partial charge in [0, 0.05) is 0 Å². The molecule has 0 saturated heterocycles. The lowest BCUT2D eigenvalue weighted by Crippen LogP contribution is -2.48. The highest BCUT2D eigenvalue weighted by Crippen LogP contribution is 2.35. The number of rotatable bonds is 9. The van der Waals surface area contributed by atoms with Crippen LogP contribution in [0.15, 0.2) is 54.6 Å². The molecule has 1 N–H and O–H groups in total. The topological polar surface area (TPSA) is 93.1 Å². The van der Waals surface area contributed by atoms with Crippen molar-refractivity contribution in [2.75, 3.05) is 12.9 Å². The van der Waals surface area contributed by atoms with E-state index in [1.807, 2.05) is 0 Å². The monoisotopic (exact) mass is 509 g/mol. The molecule has 2 aromatic rings. The first kappa shape index (κ1) is 24.9. The molecule has 0 saturated carbocycles. The zero-order chi connectivity index (χ0) is 23.0. The fourth-order valence-electron chi connectivity index (χ4n) is 2.81. The van der Waals surface area contributed by atoms with Gasteiger partial charge in [-0.2, -0.15) is 11.8 Å². The Bertz CT molecular complexity index is 891. The van der Waals surface area contributed by atoms with Gasteiger partial charge in [0.2, 0.25) is 0 Å². The van der Waals surface area contributed by atoms with Crippen molar-refractivity contribution in [2.45, 2.75) is 30.0 Å². The Kier molecular flexibility index (Phi) is 9.54. The van der Waals surface area contributed by atoms with Crippen LogP contribution in [0.25, 0.3) is 0 Å². The summed E-state index contributed by atoms with van der Waals surface area (Å²) in [7, 11) is 0. The number of benzene rings is 2. The lowest BCUT2D eigenvalue weighted by molar-refractivity contribution is -0.187. The SMILES string of the molecule is CCOC(=O)[C@H]([C@@H](SC)c1ccc(OC(=O)c2ccccc2)cc1)N(O)C(=O)[C@@H](C)Br. The fourth-order valence-corrected chi connectivity index (χ4v) is 3.93. The standard InChI is InChI=1S/C22H24BrNO6S/c1-4-29-22(27)18(24(28)20(25)14(2)23)19(31-3)15-10-12-17(13-11-15)30-21(26)16-8-6-5-7-9-16/h5-14,18-19,28H,4H2,1-3H3/t14-,18+,19+/m1/s1. The third kappa shape index (κ3) is 6.56. The summed E-state index contributed by atoms with van der Waals surface area (Å²) in [5, 5.41) is 10.3. The van der Waals surface area contributed by atoms with E-state index in [0.29, 0.717) is 21.9 Å². The molecule has 0 spiro atoms. The molecule has 0 aliphatic rings. The van der Waals surface area contributed by atoms with Crippen LogP contribution in [0.1, 0.15) is 35.0 Å². The van der Waals surface area contributed by atoms with Crippen LogP contribution >= 0.6 is 27.7 Å². The molecule has 0 radical (unpaired) electrons. The first-order valence-electron chi connectivity index (χ1n) is 9.52. The third-order valence-corrected chi connectivity index (χ3v) is 5.76. The Morgan fingerprint density at radius 1 is 1.10 bits per heavy atom. The summed E-state index contributed by atoms with van der Waals surface area (Å²) in [5.41, 5.74) is 1.08. The molecule has 3 atom stereocenters. The van der Waals surface area contributed by atoms with Crippen LogP contribution in [0, 0.1) is 0 Å². The molecule has 7 nitrogen and oxygen atoms in total. The number of carbonyl (C=O) groups is 3. The van der Waals surface area contributed by atoms with Crippen LogP contribution in [0.5, 0.6) is 5.75 Å². The summed E-state index contributed by atoms with van der Waals surface area (Å²) < 4.78 is 10.5. The molecule has 0 unspecified atom stereocenters. The predicted molar refractivity (Wildman–Crippen MR) is 122 cm³/mol. The third-order valence-electron chi connectivity index (χ3n) is 4.33. The van der Waals surface area contributed by atoms with E-state index in [2.05, 4.69) is 15.9 Å². The van der Waals surface area contributed by atoms with Gasteiger partial charge in [-0.25, -0.2) is 14.7 Å². The predicted octanol–water partition coefficient (Wildman–Crippen LogP) is 4.24. The number of esters is 2. The van der Waals surface area contributed by atoms with E-state index in [1.165, 1.54) is 11.8 Å². The van der Waals surface area contributed by atoms with Gasteiger partial charge in [-0.1, -0.05) is 46.3 Å². The summed E-state index contributed by atoms with van der Waals surface area (Å²) in [6, 6.07) is 13.9. The van der Waals surface area contributed by atoms with Gasteiger partial charge >= 0.3 is 11.9 Å². The molecule has 1 amide bonds. The zero-order valence-corrected chi connectivity index (χ0v) is 19.8. The second-order valence-corrected chi connectivity index (χ2v) is 8.83. The van der Waals surface area contributed by atoms with Gasteiger partial charge < -0.3 is 9.47 Å². The quantitative estimate of drug-likeness (QED) is 0.177. The summed E-state index contributed by atoms with van der Waals surface area (Å²) >= 11 is 4.40. The van der Waals surface area contributed by atoms with Crippen molar-refractivity contribution in [1.29, 1.82) is 0 Å². The number of ether oxygens (including phenoxy) is 2. The Labute approximate surface area is 193 Å². The number of hydrogen-bond acceptors (Lipinski definition) is 7. The fraction of sp³-hybridized carbons (Fsp3) is 0.318. The van der Waals surface area contributed by atoms with Crippen LogP contribution in [-0.2, 0) is 14.3 Å². The van der Waals surface area contributed by atoms with Crippen LogP contribution in [0.4, 0.5) is 0 Å². The molecule has 2 rings (SSSR count). The Balaban J connectivity index is 2.26. The van der Waals surface area contributed by atoms with E-state index in [9.17, 15) is 19.6 Å². The molecule has 2 aromatic carbocycles. The van der Waals surface area contributed by atoms with E-state index >= 15 is 0 Å².